The average Bonchev–Trinajstić information content (AvgIpc) is 3.14. The molecule has 0 aliphatic heterocycles. The number of furan rings is 1. The van der Waals surface area contributed by atoms with Crippen LogP contribution in [0.25, 0.3) is 11.3 Å². The van der Waals surface area contributed by atoms with Gasteiger partial charge in [-0.3, -0.25) is 0 Å². The first-order chi connectivity index (χ1) is 13.3. The molecule has 0 saturated heterocycles. The maximum atomic E-state index is 11.3. The molecule has 4 N–H and O–H groups in total. The SMILES string of the molecule is C[C@H](O)c1ccc(-c2ccc(CNCCc3ccc(S(N)(=O)=O)cc3)o2)cc1. The van der Waals surface area contributed by atoms with Gasteiger partial charge in [0.05, 0.1) is 17.5 Å². The van der Waals surface area contributed by atoms with Gasteiger partial charge in [0.25, 0.3) is 0 Å². The number of sulfonamides is 1. The number of primary sulfonamides is 1. The Hall–Kier alpha value is -2.45. The molecule has 148 valence electrons. The smallest absolute Gasteiger partial charge is 0.238 e. The number of hydrogen-bond donors (Lipinski definition) is 3. The third-order valence-electron chi connectivity index (χ3n) is 4.48. The highest BCUT2D eigenvalue weighted by molar-refractivity contribution is 7.89. The fourth-order valence-corrected chi connectivity index (χ4v) is 3.36. The van der Waals surface area contributed by atoms with Crippen molar-refractivity contribution in [2.45, 2.75) is 30.9 Å². The summed E-state index contributed by atoms with van der Waals surface area (Å²) in [6.45, 7) is 3.06. The molecule has 0 bridgehead atoms. The second-order valence-electron chi connectivity index (χ2n) is 6.68. The summed E-state index contributed by atoms with van der Waals surface area (Å²) < 4.78 is 28.4. The summed E-state index contributed by atoms with van der Waals surface area (Å²) in [5, 5.41) is 18.0. The molecule has 0 aliphatic rings. The molecule has 1 atom stereocenters. The summed E-state index contributed by atoms with van der Waals surface area (Å²) in [6.07, 6.45) is 0.278. The summed E-state index contributed by atoms with van der Waals surface area (Å²) in [4.78, 5) is 0.119. The minimum Gasteiger partial charge on any atom is -0.460 e. The maximum absolute atomic E-state index is 11.3. The average molecular weight is 401 g/mol. The number of rotatable bonds is 8. The zero-order valence-corrected chi connectivity index (χ0v) is 16.4. The van der Waals surface area contributed by atoms with Crippen LogP contribution >= 0.6 is 0 Å². The van der Waals surface area contributed by atoms with E-state index in [4.69, 9.17) is 9.56 Å². The summed E-state index contributed by atoms with van der Waals surface area (Å²) >= 11 is 0. The van der Waals surface area contributed by atoms with Crippen LogP contribution in [0.15, 0.2) is 70.0 Å². The molecule has 0 unspecified atom stereocenters. The van der Waals surface area contributed by atoms with E-state index in [1.54, 1.807) is 19.1 Å². The molecular weight excluding hydrogens is 376 g/mol. The number of nitrogens with one attached hydrogen (secondary N) is 1. The molecular formula is C21H24N2O4S. The van der Waals surface area contributed by atoms with E-state index in [1.165, 1.54) is 12.1 Å². The summed E-state index contributed by atoms with van der Waals surface area (Å²) in [6, 6.07) is 18.1. The first kappa shape index (κ1) is 20.3. The van der Waals surface area contributed by atoms with Crippen LogP contribution in [-0.4, -0.2) is 20.1 Å². The molecule has 2 aromatic carbocycles. The standard InChI is InChI=1S/C21H24N2O4S/c1-15(24)17-4-6-18(7-5-17)21-11-8-19(27-21)14-23-13-12-16-2-9-20(10-3-16)28(22,25)26/h2-11,15,23-24H,12-14H2,1H3,(H2,22,25,26)/t15-/m0/s1. The molecule has 0 fully saturated rings. The number of benzene rings is 2. The molecule has 0 amide bonds. The van der Waals surface area contributed by atoms with E-state index in [-0.39, 0.29) is 4.90 Å². The van der Waals surface area contributed by atoms with E-state index >= 15 is 0 Å². The van der Waals surface area contributed by atoms with E-state index in [0.717, 1.165) is 41.2 Å². The highest BCUT2D eigenvalue weighted by Crippen LogP contribution is 2.24. The summed E-state index contributed by atoms with van der Waals surface area (Å²) in [5.74, 6) is 1.62. The van der Waals surface area contributed by atoms with Crippen molar-refractivity contribution in [1.82, 2.24) is 5.32 Å². The van der Waals surface area contributed by atoms with Crippen LogP contribution in [0.4, 0.5) is 0 Å². The van der Waals surface area contributed by atoms with Gasteiger partial charge in [-0.15, -0.1) is 0 Å². The number of nitrogens with two attached hydrogens (primary N) is 1. The fraction of sp³-hybridized carbons (Fsp3) is 0.238. The van der Waals surface area contributed by atoms with E-state index < -0.39 is 16.1 Å². The quantitative estimate of drug-likeness (QED) is 0.504. The van der Waals surface area contributed by atoms with Gasteiger partial charge in [-0.1, -0.05) is 36.4 Å². The summed E-state index contributed by atoms with van der Waals surface area (Å²) in [7, 11) is -3.65. The Kier molecular flexibility index (Phi) is 6.31. The normalized spacial score (nSPS) is 12.8. The summed E-state index contributed by atoms with van der Waals surface area (Å²) in [5.41, 5.74) is 2.86. The van der Waals surface area contributed by atoms with Crippen LogP contribution < -0.4 is 10.5 Å². The maximum Gasteiger partial charge on any atom is 0.238 e. The molecule has 1 heterocycles. The monoisotopic (exact) mass is 400 g/mol. The topological polar surface area (TPSA) is 106 Å². The van der Waals surface area contributed by atoms with Crippen molar-refractivity contribution in [3.8, 4) is 11.3 Å². The van der Waals surface area contributed by atoms with Gasteiger partial charge in [0.2, 0.25) is 10.0 Å². The lowest BCUT2D eigenvalue weighted by Crippen LogP contribution is -2.16. The molecule has 0 radical (unpaired) electrons. The lowest BCUT2D eigenvalue weighted by Gasteiger charge is -2.05. The minimum absolute atomic E-state index is 0.119. The van der Waals surface area contributed by atoms with E-state index in [9.17, 15) is 13.5 Å². The predicted octanol–water partition coefficient (Wildman–Crippen LogP) is 2.98. The molecule has 28 heavy (non-hydrogen) atoms. The Labute approximate surface area is 165 Å². The molecule has 0 aliphatic carbocycles. The van der Waals surface area contributed by atoms with Gasteiger partial charge in [-0.25, -0.2) is 13.6 Å². The van der Waals surface area contributed by atoms with Crippen LogP contribution in [0.3, 0.4) is 0 Å². The van der Waals surface area contributed by atoms with Crippen molar-refractivity contribution in [3.63, 3.8) is 0 Å². The van der Waals surface area contributed by atoms with Crippen LogP contribution in [0.2, 0.25) is 0 Å². The Morgan fingerprint density at radius 2 is 1.71 bits per heavy atom. The molecule has 6 nitrogen and oxygen atoms in total. The van der Waals surface area contributed by atoms with Crippen molar-refractivity contribution in [2.75, 3.05) is 6.54 Å². The second kappa shape index (κ2) is 8.70. The number of hydrogen-bond acceptors (Lipinski definition) is 5. The molecule has 0 spiro atoms. The van der Waals surface area contributed by atoms with Gasteiger partial charge in [0.15, 0.2) is 0 Å². The first-order valence-corrected chi connectivity index (χ1v) is 10.6. The molecule has 0 saturated carbocycles. The third-order valence-corrected chi connectivity index (χ3v) is 5.41. The van der Waals surface area contributed by atoms with Crippen molar-refractivity contribution in [2.24, 2.45) is 5.14 Å². The molecule has 1 aromatic heterocycles. The first-order valence-electron chi connectivity index (χ1n) is 9.02. The number of aliphatic hydroxyl groups excluding tert-OH is 1. The van der Waals surface area contributed by atoms with Crippen LogP contribution in [-0.2, 0) is 23.0 Å². The van der Waals surface area contributed by atoms with Gasteiger partial charge in [-0.2, -0.15) is 0 Å². The van der Waals surface area contributed by atoms with Crippen molar-refractivity contribution in [1.29, 1.82) is 0 Å². The fourth-order valence-electron chi connectivity index (χ4n) is 2.84. The minimum atomic E-state index is -3.65. The lowest BCUT2D eigenvalue weighted by molar-refractivity contribution is 0.199. The van der Waals surface area contributed by atoms with Gasteiger partial charge in [-0.05, 0) is 55.3 Å². The molecule has 3 aromatic rings. The third kappa shape index (κ3) is 5.30. The zero-order valence-electron chi connectivity index (χ0n) is 15.6. The van der Waals surface area contributed by atoms with Crippen LogP contribution in [0.1, 0.15) is 29.9 Å². The van der Waals surface area contributed by atoms with E-state index in [2.05, 4.69) is 5.32 Å². The number of aliphatic hydroxyl groups is 1. The Morgan fingerprint density at radius 3 is 2.32 bits per heavy atom. The van der Waals surface area contributed by atoms with Crippen LogP contribution in [0, 0.1) is 0 Å². The van der Waals surface area contributed by atoms with Gasteiger partial charge < -0.3 is 14.8 Å². The van der Waals surface area contributed by atoms with Crippen molar-refractivity contribution < 1.29 is 17.9 Å². The zero-order chi connectivity index (χ0) is 20.1. The van der Waals surface area contributed by atoms with Gasteiger partial charge >= 0.3 is 0 Å². The Morgan fingerprint density at radius 1 is 1.04 bits per heavy atom. The van der Waals surface area contributed by atoms with Crippen molar-refractivity contribution >= 4 is 10.0 Å². The van der Waals surface area contributed by atoms with Gasteiger partial charge in [0.1, 0.15) is 11.5 Å². The lowest BCUT2D eigenvalue weighted by atomic mass is 10.1. The second-order valence-corrected chi connectivity index (χ2v) is 8.24. The van der Waals surface area contributed by atoms with Crippen molar-refractivity contribution in [3.05, 3.63) is 77.6 Å². The Balaban J connectivity index is 1.49. The van der Waals surface area contributed by atoms with E-state index in [0.29, 0.717) is 6.54 Å². The van der Waals surface area contributed by atoms with Gasteiger partial charge in [0, 0.05) is 5.56 Å². The molecule has 7 heteroatoms. The van der Waals surface area contributed by atoms with Crippen LogP contribution in [0.5, 0.6) is 0 Å². The highest BCUT2D eigenvalue weighted by Gasteiger charge is 2.08. The van der Waals surface area contributed by atoms with E-state index in [1.807, 2.05) is 36.4 Å². The molecule has 3 rings (SSSR count). The Bertz CT molecular complexity index is 1010. The predicted molar refractivity (Wildman–Crippen MR) is 108 cm³/mol. The largest absolute Gasteiger partial charge is 0.460 e. The highest BCUT2D eigenvalue weighted by atomic mass is 32.2.